The van der Waals surface area contributed by atoms with Crippen molar-refractivity contribution in [1.29, 1.82) is 0 Å². The fraction of sp³-hybridized carbons (Fsp3) is 0.400. The minimum absolute atomic E-state index is 0.0338. The van der Waals surface area contributed by atoms with Gasteiger partial charge < -0.3 is 10.0 Å². The van der Waals surface area contributed by atoms with Crippen molar-refractivity contribution in [3.8, 4) is 0 Å². The Morgan fingerprint density at radius 1 is 1.38 bits per heavy atom. The summed E-state index contributed by atoms with van der Waals surface area (Å²) in [6.07, 6.45) is 1.69. The van der Waals surface area contributed by atoms with E-state index in [1.165, 1.54) is 0 Å². The fourth-order valence-electron chi connectivity index (χ4n) is 3.00. The minimum Gasteiger partial charge on any atom is -0.481 e. The zero-order valence-electron chi connectivity index (χ0n) is 12.0. The molecule has 2 N–H and O–H groups in total. The lowest BCUT2D eigenvalue weighted by molar-refractivity contribution is -0.142. The molecule has 1 aliphatic rings. The Morgan fingerprint density at radius 2 is 2.14 bits per heavy atom. The van der Waals surface area contributed by atoms with E-state index in [9.17, 15) is 14.7 Å². The second-order valence-electron chi connectivity index (χ2n) is 5.78. The van der Waals surface area contributed by atoms with Gasteiger partial charge in [-0.15, -0.1) is 0 Å². The fourth-order valence-corrected chi connectivity index (χ4v) is 3.00. The number of carbonyl (C=O) groups is 2. The lowest BCUT2D eigenvalue weighted by Crippen LogP contribution is -2.30. The first-order valence-electron chi connectivity index (χ1n) is 6.93. The smallest absolute Gasteiger partial charge is 0.308 e. The predicted molar refractivity (Wildman–Crippen MR) is 77.0 cm³/mol. The molecule has 0 unspecified atom stereocenters. The minimum atomic E-state index is -0.839. The van der Waals surface area contributed by atoms with Crippen molar-refractivity contribution in [2.75, 3.05) is 13.1 Å². The van der Waals surface area contributed by atoms with Crippen molar-refractivity contribution in [1.82, 2.24) is 15.1 Å². The largest absolute Gasteiger partial charge is 0.481 e. The van der Waals surface area contributed by atoms with Crippen LogP contribution in [-0.2, 0) is 4.79 Å². The molecule has 0 saturated carbocycles. The molecule has 3 rings (SSSR count). The van der Waals surface area contributed by atoms with Gasteiger partial charge in [0, 0.05) is 18.5 Å². The number of carboxylic acids is 1. The SMILES string of the molecule is Cc1cc(C(=O)N2C[C@@H](C)[C@H](C(=O)O)C2)c2[nH]ncc2c1. The van der Waals surface area contributed by atoms with Crippen molar-refractivity contribution < 1.29 is 14.7 Å². The van der Waals surface area contributed by atoms with Crippen LogP contribution >= 0.6 is 0 Å². The van der Waals surface area contributed by atoms with E-state index >= 15 is 0 Å². The number of carbonyl (C=O) groups excluding carboxylic acids is 1. The molecule has 0 bridgehead atoms. The molecule has 1 aliphatic heterocycles. The van der Waals surface area contributed by atoms with E-state index < -0.39 is 11.9 Å². The molecule has 1 aromatic heterocycles. The number of nitrogens with zero attached hydrogens (tertiary/aromatic N) is 2. The van der Waals surface area contributed by atoms with Gasteiger partial charge in [-0.1, -0.05) is 6.92 Å². The lowest BCUT2D eigenvalue weighted by Gasteiger charge is -2.16. The van der Waals surface area contributed by atoms with Gasteiger partial charge in [-0.2, -0.15) is 5.10 Å². The van der Waals surface area contributed by atoms with Gasteiger partial charge in [-0.25, -0.2) is 0 Å². The second kappa shape index (κ2) is 4.87. The number of aromatic nitrogens is 2. The van der Waals surface area contributed by atoms with Crippen LogP contribution in [0.5, 0.6) is 0 Å². The van der Waals surface area contributed by atoms with Gasteiger partial charge in [0.2, 0.25) is 0 Å². The van der Waals surface area contributed by atoms with Gasteiger partial charge in [-0.3, -0.25) is 14.7 Å². The number of likely N-dealkylation sites (tertiary alicyclic amines) is 1. The number of aromatic amines is 1. The van der Waals surface area contributed by atoms with E-state index in [2.05, 4.69) is 10.2 Å². The topological polar surface area (TPSA) is 86.3 Å². The summed E-state index contributed by atoms with van der Waals surface area (Å²) in [6.45, 7) is 4.53. The number of rotatable bonds is 2. The zero-order valence-corrected chi connectivity index (χ0v) is 12.0. The van der Waals surface area contributed by atoms with E-state index in [1.807, 2.05) is 26.0 Å². The van der Waals surface area contributed by atoms with Crippen LogP contribution in [0, 0.1) is 18.8 Å². The highest BCUT2D eigenvalue weighted by Crippen LogP contribution is 2.27. The third-order valence-corrected chi connectivity index (χ3v) is 4.14. The predicted octanol–water partition coefficient (Wildman–Crippen LogP) is 1.66. The summed E-state index contributed by atoms with van der Waals surface area (Å²) in [5.74, 6) is -1.50. The molecular formula is C15H17N3O3. The van der Waals surface area contributed by atoms with Crippen LogP contribution < -0.4 is 0 Å². The third kappa shape index (κ3) is 2.26. The first-order chi connectivity index (χ1) is 9.97. The van der Waals surface area contributed by atoms with E-state index in [4.69, 9.17) is 0 Å². The maximum Gasteiger partial charge on any atom is 0.308 e. The summed E-state index contributed by atoms with van der Waals surface area (Å²) in [4.78, 5) is 25.5. The van der Waals surface area contributed by atoms with Crippen LogP contribution in [0.15, 0.2) is 18.3 Å². The first-order valence-corrected chi connectivity index (χ1v) is 6.93. The molecule has 2 atom stereocenters. The first kappa shape index (κ1) is 13.6. The quantitative estimate of drug-likeness (QED) is 0.879. The molecule has 1 saturated heterocycles. The van der Waals surface area contributed by atoms with Crippen LogP contribution in [0.25, 0.3) is 10.9 Å². The number of hydrogen-bond acceptors (Lipinski definition) is 3. The molecule has 1 fully saturated rings. The summed E-state index contributed by atoms with van der Waals surface area (Å²) in [5, 5.41) is 16.9. The molecule has 1 amide bonds. The number of hydrogen-bond donors (Lipinski definition) is 2. The van der Waals surface area contributed by atoms with Crippen LogP contribution in [0.2, 0.25) is 0 Å². The average Bonchev–Trinajstić information content (AvgIpc) is 3.02. The van der Waals surface area contributed by atoms with Crippen molar-refractivity contribution >= 4 is 22.8 Å². The van der Waals surface area contributed by atoms with Crippen LogP contribution in [0.4, 0.5) is 0 Å². The van der Waals surface area contributed by atoms with Gasteiger partial charge in [0.1, 0.15) is 0 Å². The second-order valence-corrected chi connectivity index (χ2v) is 5.78. The highest BCUT2D eigenvalue weighted by molar-refractivity contribution is 6.06. The van der Waals surface area contributed by atoms with Crippen molar-refractivity contribution in [3.63, 3.8) is 0 Å². The Balaban J connectivity index is 1.95. The lowest BCUT2D eigenvalue weighted by atomic mass is 9.99. The molecule has 0 aliphatic carbocycles. The van der Waals surface area contributed by atoms with Crippen LogP contribution in [0.3, 0.4) is 0 Å². The molecule has 1 aromatic carbocycles. The maximum atomic E-state index is 12.7. The summed E-state index contributed by atoms with van der Waals surface area (Å²) >= 11 is 0. The highest BCUT2D eigenvalue weighted by Gasteiger charge is 2.37. The summed E-state index contributed by atoms with van der Waals surface area (Å²) < 4.78 is 0. The molecule has 0 radical (unpaired) electrons. The molecular weight excluding hydrogens is 270 g/mol. The molecule has 21 heavy (non-hydrogen) atoms. The van der Waals surface area contributed by atoms with Gasteiger partial charge in [0.25, 0.3) is 5.91 Å². The van der Waals surface area contributed by atoms with E-state index in [1.54, 1.807) is 11.1 Å². The van der Waals surface area contributed by atoms with E-state index in [0.29, 0.717) is 17.6 Å². The Bertz CT molecular complexity index is 722. The van der Waals surface area contributed by atoms with Gasteiger partial charge in [0.15, 0.2) is 0 Å². The molecule has 2 aromatic rings. The Labute approximate surface area is 121 Å². The Kier molecular flexibility index (Phi) is 3.16. The van der Waals surface area contributed by atoms with Crippen LogP contribution in [0.1, 0.15) is 22.8 Å². The Hall–Kier alpha value is -2.37. The third-order valence-electron chi connectivity index (χ3n) is 4.14. The molecule has 110 valence electrons. The molecule has 0 spiro atoms. The van der Waals surface area contributed by atoms with Crippen molar-refractivity contribution in [3.05, 3.63) is 29.5 Å². The van der Waals surface area contributed by atoms with Crippen molar-refractivity contribution in [2.45, 2.75) is 13.8 Å². The number of amides is 1. The normalized spacial score (nSPS) is 21.9. The number of H-pyrrole nitrogens is 1. The van der Waals surface area contributed by atoms with Gasteiger partial charge in [0.05, 0.1) is 23.2 Å². The van der Waals surface area contributed by atoms with Crippen molar-refractivity contribution in [2.24, 2.45) is 11.8 Å². The number of fused-ring (bicyclic) bond motifs is 1. The zero-order chi connectivity index (χ0) is 15.1. The number of aryl methyl sites for hydroxylation is 1. The van der Waals surface area contributed by atoms with E-state index in [0.717, 1.165) is 10.9 Å². The summed E-state index contributed by atoms with van der Waals surface area (Å²) in [7, 11) is 0. The molecule has 6 nitrogen and oxygen atoms in total. The number of aliphatic carboxylic acids is 1. The number of carboxylic acid groups (broad SMARTS) is 1. The standard InChI is InChI=1S/C15H17N3O3/c1-8-3-10-5-16-17-13(10)11(4-8)14(19)18-6-9(2)12(7-18)15(20)21/h3-5,9,12H,6-7H2,1-2H3,(H,16,17)(H,20,21)/t9-,12-/m1/s1. The Morgan fingerprint density at radius 3 is 2.81 bits per heavy atom. The number of nitrogens with one attached hydrogen (secondary N) is 1. The maximum absolute atomic E-state index is 12.7. The summed E-state index contributed by atoms with van der Waals surface area (Å²) in [6, 6.07) is 3.78. The number of benzene rings is 1. The van der Waals surface area contributed by atoms with Gasteiger partial charge in [-0.05, 0) is 30.5 Å². The average molecular weight is 287 g/mol. The van der Waals surface area contributed by atoms with Gasteiger partial charge >= 0.3 is 5.97 Å². The monoisotopic (exact) mass is 287 g/mol. The molecule has 6 heteroatoms. The summed E-state index contributed by atoms with van der Waals surface area (Å²) in [5.41, 5.74) is 2.24. The molecule has 2 heterocycles. The van der Waals surface area contributed by atoms with E-state index in [-0.39, 0.29) is 18.4 Å². The highest BCUT2D eigenvalue weighted by atomic mass is 16.4. The van der Waals surface area contributed by atoms with Crippen LogP contribution in [-0.4, -0.2) is 45.2 Å².